The molecule has 1 fully saturated rings. The zero-order chi connectivity index (χ0) is 21.8. The summed E-state index contributed by atoms with van der Waals surface area (Å²) in [5, 5.41) is 20.0. The van der Waals surface area contributed by atoms with Gasteiger partial charge in [0.05, 0.1) is 32.3 Å². The lowest BCUT2D eigenvalue weighted by atomic mass is 9.94. The lowest BCUT2D eigenvalue weighted by Gasteiger charge is -2.26. The summed E-state index contributed by atoms with van der Waals surface area (Å²) in [6, 6.07) is 12.2. The van der Waals surface area contributed by atoms with Crippen LogP contribution in [0.4, 0.5) is 0 Å². The summed E-state index contributed by atoms with van der Waals surface area (Å²) in [4.78, 5) is 37.9. The van der Waals surface area contributed by atoms with E-state index in [1.807, 2.05) is 0 Å². The van der Waals surface area contributed by atoms with E-state index in [2.05, 4.69) is 0 Å². The molecule has 0 bridgehead atoms. The van der Waals surface area contributed by atoms with Gasteiger partial charge >= 0.3 is 5.97 Å². The smallest absolute Gasteiger partial charge is 0.305 e. The second kappa shape index (κ2) is 8.69. The minimum Gasteiger partial charge on any atom is -0.507 e. The zero-order valence-electron chi connectivity index (χ0n) is 16.5. The quantitative estimate of drug-likeness (QED) is 0.409. The van der Waals surface area contributed by atoms with Crippen molar-refractivity contribution in [3.63, 3.8) is 0 Å². The minimum absolute atomic E-state index is 0.125. The third-order valence-electron chi connectivity index (χ3n) is 4.89. The Balaban J connectivity index is 2.21. The third-order valence-corrected chi connectivity index (χ3v) is 4.89. The molecule has 0 aliphatic carbocycles. The number of aliphatic hydroxyl groups excluding tert-OH is 1. The number of hydrogen-bond acceptors (Lipinski definition) is 6. The Morgan fingerprint density at radius 2 is 1.73 bits per heavy atom. The second-order valence-electron chi connectivity index (χ2n) is 6.61. The number of aliphatic carboxylic acids is 1. The highest BCUT2D eigenvalue weighted by atomic mass is 16.5. The average Bonchev–Trinajstić information content (AvgIpc) is 3.01. The van der Waals surface area contributed by atoms with Crippen LogP contribution in [0.3, 0.4) is 0 Å². The molecule has 0 radical (unpaired) electrons. The highest BCUT2D eigenvalue weighted by Gasteiger charge is 2.47. The molecule has 0 unspecified atom stereocenters. The lowest BCUT2D eigenvalue weighted by molar-refractivity contribution is -0.142. The number of amides is 1. The van der Waals surface area contributed by atoms with Crippen molar-refractivity contribution in [1.29, 1.82) is 0 Å². The Labute approximate surface area is 173 Å². The maximum absolute atomic E-state index is 12.9. The Morgan fingerprint density at radius 1 is 1.03 bits per heavy atom. The van der Waals surface area contributed by atoms with Gasteiger partial charge < -0.3 is 24.6 Å². The molecule has 156 valence electrons. The number of carbonyl (C=O) groups is 3. The molecule has 1 aliphatic rings. The summed E-state index contributed by atoms with van der Waals surface area (Å²) in [6.45, 7) is -0.203. The summed E-state index contributed by atoms with van der Waals surface area (Å²) >= 11 is 0. The van der Waals surface area contributed by atoms with Crippen LogP contribution in [0.5, 0.6) is 11.5 Å². The van der Waals surface area contributed by atoms with Crippen molar-refractivity contribution in [2.24, 2.45) is 0 Å². The molecule has 1 aliphatic heterocycles. The van der Waals surface area contributed by atoms with Crippen LogP contribution in [0.15, 0.2) is 54.1 Å². The predicted octanol–water partition coefficient (Wildman–Crippen LogP) is 2.60. The number of nitrogens with zero attached hydrogens (tertiary/aromatic N) is 1. The second-order valence-corrected chi connectivity index (χ2v) is 6.61. The van der Waals surface area contributed by atoms with Crippen molar-refractivity contribution in [3.05, 3.63) is 65.2 Å². The van der Waals surface area contributed by atoms with E-state index < -0.39 is 23.7 Å². The Morgan fingerprint density at radius 3 is 2.33 bits per heavy atom. The first-order chi connectivity index (χ1) is 14.4. The molecule has 0 spiro atoms. The zero-order valence-corrected chi connectivity index (χ0v) is 16.5. The van der Waals surface area contributed by atoms with E-state index in [9.17, 15) is 19.5 Å². The highest BCUT2D eigenvalue weighted by Crippen LogP contribution is 2.43. The predicted molar refractivity (Wildman–Crippen MR) is 107 cm³/mol. The maximum Gasteiger partial charge on any atom is 0.305 e. The Kier molecular flexibility index (Phi) is 6.06. The van der Waals surface area contributed by atoms with Gasteiger partial charge in [0.2, 0.25) is 0 Å². The van der Waals surface area contributed by atoms with Crippen LogP contribution >= 0.6 is 0 Å². The molecule has 1 heterocycles. The van der Waals surface area contributed by atoms with Gasteiger partial charge in [0, 0.05) is 23.7 Å². The number of hydrogen-bond donors (Lipinski definition) is 2. The number of benzene rings is 2. The summed E-state index contributed by atoms with van der Waals surface area (Å²) in [6.07, 6.45) is -0.354. The van der Waals surface area contributed by atoms with Gasteiger partial charge in [-0.1, -0.05) is 30.3 Å². The van der Waals surface area contributed by atoms with E-state index in [0.717, 1.165) is 4.90 Å². The van der Waals surface area contributed by atoms with Crippen LogP contribution in [-0.2, 0) is 14.4 Å². The molecular formula is C22H21NO7. The van der Waals surface area contributed by atoms with E-state index in [-0.39, 0.29) is 24.3 Å². The van der Waals surface area contributed by atoms with Gasteiger partial charge in [-0.25, -0.2) is 0 Å². The van der Waals surface area contributed by atoms with Gasteiger partial charge in [0.1, 0.15) is 17.3 Å². The van der Waals surface area contributed by atoms with Gasteiger partial charge in [0.25, 0.3) is 11.7 Å². The molecule has 1 amide bonds. The fourth-order valence-corrected chi connectivity index (χ4v) is 3.45. The average molecular weight is 411 g/mol. The van der Waals surface area contributed by atoms with Crippen LogP contribution in [0, 0.1) is 0 Å². The molecule has 30 heavy (non-hydrogen) atoms. The summed E-state index contributed by atoms with van der Waals surface area (Å²) in [5.74, 6) is -2.38. The molecular weight excluding hydrogens is 390 g/mol. The molecule has 8 heteroatoms. The van der Waals surface area contributed by atoms with E-state index in [4.69, 9.17) is 14.6 Å². The molecule has 0 saturated carbocycles. The van der Waals surface area contributed by atoms with Gasteiger partial charge in [-0.15, -0.1) is 0 Å². The first-order valence-corrected chi connectivity index (χ1v) is 9.16. The van der Waals surface area contributed by atoms with Crippen molar-refractivity contribution in [3.8, 4) is 11.5 Å². The van der Waals surface area contributed by atoms with Crippen LogP contribution in [0.1, 0.15) is 23.6 Å². The minimum atomic E-state index is -1.11. The maximum atomic E-state index is 12.9. The van der Waals surface area contributed by atoms with Crippen LogP contribution in [0.25, 0.3) is 5.76 Å². The summed E-state index contributed by atoms with van der Waals surface area (Å²) < 4.78 is 10.6. The largest absolute Gasteiger partial charge is 0.507 e. The first kappa shape index (κ1) is 20.9. The molecule has 0 aromatic heterocycles. The normalized spacial score (nSPS) is 17.8. The van der Waals surface area contributed by atoms with Gasteiger partial charge in [0.15, 0.2) is 0 Å². The van der Waals surface area contributed by atoms with Crippen molar-refractivity contribution < 1.29 is 34.1 Å². The fraction of sp³-hybridized carbons (Fsp3) is 0.227. The number of carboxylic acid groups (broad SMARTS) is 1. The number of ketones is 1. The molecule has 2 aromatic carbocycles. The van der Waals surface area contributed by atoms with Crippen molar-refractivity contribution in [1.82, 2.24) is 4.90 Å². The SMILES string of the molecule is COc1ccc([C@H]2C(=C(O)c3ccccc3)C(=O)C(=O)N2CCC(=O)O)c(OC)c1. The van der Waals surface area contributed by atoms with E-state index in [1.165, 1.54) is 14.2 Å². The number of rotatable bonds is 7. The standard InChI is InChI=1S/C22H21NO7/c1-29-14-8-9-15(16(12-14)30-2)19-18(20(26)13-6-4-3-5-7-13)21(27)22(28)23(19)11-10-17(24)25/h3-9,12,19,26H,10-11H2,1-2H3,(H,24,25)/t19-/m0/s1. The Bertz CT molecular complexity index is 1010. The number of methoxy groups -OCH3 is 2. The molecule has 2 N–H and O–H groups in total. The fourth-order valence-electron chi connectivity index (χ4n) is 3.45. The summed E-state index contributed by atoms with van der Waals surface area (Å²) in [7, 11) is 2.92. The van der Waals surface area contributed by atoms with E-state index in [0.29, 0.717) is 22.6 Å². The van der Waals surface area contributed by atoms with Crippen molar-refractivity contribution in [2.45, 2.75) is 12.5 Å². The van der Waals surface area contributed by atoms with Gasteiger partial charge in [-0.05, 0) is 12.1 Å². The number of ether oxygens (including phenoxy) is 2. The number of carbonyl (C=O) groups excluding carboxylic acids is 2. The monoisotopic (exact) mass is 411 g/mol. The van der Waals surface area contributed by atoms with Gasteiger partial charge in [-0.3, -0.25) is 14.4 Å². The first-order valence-electron chi connectivity index (χ1n) is 9.16. The number of likely N-dealkylation sites (tertiary alicyclic amines) is 1. The lowest BCUT2D eigenvalue weighted by Crippen LogP contribution is -2.32. The van der Waals surface area contributed by atoms with Gasteiger partial charge in [-0.2, -0.15) is 0 Å². The van der Waals surface area contributed by atoms with Crippen molar-refractivity contribution >= 4 is 23.4 Å². The van der Waals surface area contributed by atoms with E-state index in [1.54, 1.807) is 48.5 Å². The number of aliphatic hydroxyl groups is 1. The molecule has 3 rings (SSSR count). The molecule has 1 saturated heterocycles. The topological polar surface area (TPSA) is 113 Å². The molecule has 8 nitrogen and oxygen atoms in total. The summed E-state index contributed by atoms with van der Waals surface area (Å²) in [5.41, 5.74) is 0.673. The van der Waals surface area contributed by atoms with E-state index >= 15 is 0 Å². The van der Waals surface area contributed by atoms with Crippen LogP contribution < -0.4 is 9.47 Å². The van der Waals surface area contributed by atoms with Crippen LogP contribution in [-0.4, -0.2) is 53.5 Å². The number of carboxylic acids is 1. The third kappa shape index (κ3) is 3.84. The van der Waals surface area contributed by atoms with Crippen molar-refractivity contribution in [2.75, 3.05) is 20.8 Å². The number of Topliss-reactive ketones (excluding diaryl/α,β-unsaturated/α-hetero) is 1. The molecule has 2 aromatic rings. The Hall–Kier alpha value is -3.81. The molecule has 1 atom stereocenters. The highest BCUT2D eigenvalue weighted by molar-refractivity contribution is 6.46. The van der Waals surface area contributed by atoms with Crippen LogP contribution in [0.2, 0.25) is 0 Å².